The largest absolute Gasteiger partial charge is 0.464 e. The summed E-state index contributed by atoms with van der Waals surface area (Å²) in [4.78, 5) is 37.8. The van der Waals surface area contributed by atoms with Crippen LogP contribution in [-0.2, 0) is 24.5 Å². The molecule has 1 atom stereocenters. The number of carbonyl (C=O) groups is 3. The molecule has 0 aliphatic carbocycles. The van der Waals surface area contributed by atoms with Gasteiger partial charge in [0.1, 0.15) is 0 Å². The molecule has 166 valence electrons. The van der Waals surface area contributed by atoms with Gasteiger partial charge in [-0.15, -0.1) is 0 Å². The van der Waals surface area contributed by atoms with Crippen molar-refractivity contribution in [3.63, 3.8) is 0 Å². The first-order chi connectivity index (χ1) is 13.1. The molecule has 10 heteroatoms. The van der Waals surface area contributed by atoms with E-state index >= 15 is 0 Å². The van der Waals surface area contributed by atoms with Crippen molar-refractivity contribution >= 4 is 35.3 Å². The average molecular weight is 434 g/mol. The van der Waals surface area contributed by atoms with Gasteiger partial charge in [0.25, 0.3) is 0 Å². The highest BCUT2D eigenvalue weighted by atomic mass is 35.5. The third-order valence-electron chi connectivity index (χ3n) is 3.20. The number of anilines is 1. The Labute approximate surface area is 176 Å². The summed E-state index contributed by atoms with van der Waals surface area (Å²) in [5, 5.41) is 2.36. The summed E-state index contributed by atoms with van der Waals surface area (Å²) in [5.41, 5.74) is 3.64. The predicted molar refractivity (Wildman–Crippen MR) is 109 cm³/mol. The number of amides is 1. The van der Waals surface area contributed by atoms with Gasteiger partial charge in [-0.05, 0) is 13.8 Å². The molecule has 0 saturated carbocycles. The molecule has 1 rings (SSSR count). The Bertz CT molecular complexity index is 704. The van der Waals surface area contributed by atoms with Gasteiger partial charge < -0.3 is 24.9 Å². The van der Waals surface area contributed by atoms with Gasteiger partial charge in [0.15, 0.2) is 0 Å². The number of oxazole rings is 1. The van der Waals surface area contributed by atoms with Crippen LogP contribution in [0.2, 0.25) is 0 Å². The molecule has 0 aliphatic heterocycles. The molecule has 1 unspecified atom stereocenters. The lowest BCUT2D eigenvalue weighted by Crippen LogP contribution is -2.43. The number of ether oxygens (including phenoxy) is 2. The van der Waals surface area contributed by atoms with Crippen LogP contribution in [-0.4, -0.2) is 41.5 Å². The van der Waals surface area contributed by atoms with Crippen molar-refractivity contribution < 1.29 is 28.3 Å². The zero-order valence-corrected chi connectivity index (χ0v) is 19.1. The third kappa shape index (κ3) is 9.17. The van der Waals surface area contributed by atoms with Crippen molar-refractivity contribution in [1.82, 2.24) is 10.3 Å². The van der Waals surface area contributed by atoms with E-state index in [2.05, 4.69) is 15.0 Å². The number of hydrogen-bond acceptors (Lipinski definition) is 8. The van der Waals surface area contributed by atoms with Gasteiger partial charge in [-0.3, -0.25) is 4.79 Å². The first-order valence-corrected chi connectivity index (χ1v) is 9.64. The second-order valence-corrected chi connectivity index (χ2v) is 8.48. The first-order valence-electron chi connectivity index (χ1n) is 9.20. The summed E-state index contributed by atoms with van der Waals surface area (Å²) in [7, 11) is 0. The second-order valence-electron chi connectivity index (χ2n) is 8.04. The van der Waals surface area contributed by atoms with E-state index in [0.29, 0.717) is 5.89 Å². The molecule has 0 saturated heterocycles. The fourth-order valence-corrected chi connectivity index (χ4v) is 1.77. The van der Waals surface area contributed by atoms with Crippen molar-refractivity contribution in [2.24, 2.45) is 5.41 Å². The van der Waals surface area contributed by atoms with E-state index in [1.807, 2.05) is 20.8 Å². The highest BCUT2D eigenvalue weighted by Crippen LogP contribution is 2.25. The van der Waals surface area contributed by atoms with E-state index in [9.17, 15) is 14.4 Å². The van der Waals surface area contributed by atoms with Crippen LogP contribution in [0.1, 0.15) is 71.8 Å². The Morgan fingerprint density at radius 3 is 2.00 bits per heavy atom. The Balaban J connectivity index is 0.000000543. The molecule has 1 aromatic heterocycles. The number of aromatic nitrogens is 1. The monoisotopic (exact) mass is 433 g/mol. The number of nitrogens with zero attached hydrogens (tertiary/aromatic N) is 1. The van der Waals surface area contributed by atoms with Gasteiger partial charge >= 0.3 is 11.9 Å². The van der Waals surface area contributed by atoms with Crippen LogP contribution in [0, 0.1) is 5.41 Å². The fraction of sp³-hybridized carbons (Fsp3) is 0.684. The maximum Gasteiger partial charge on any atom is 0.362 e. The summed E-state index contributed by atoms with van der Waals surface area (Å²) in [6.07, 6.45) is 0. The smallest absolute Gasteiger partial charge is 0.362 e. The molecule has 0 aromatic carbocycles. The Hall–Kier alpha value is -2.29. The minimum Gasteiger partial charge on any atom is -0.464 e. The summed E-state index contributed by atoms with van der Waals surface area (Å²) in [5.74, 6) is -1.02. The number of nitrogens with two attached hydrogens (primary N) is 1. The lowest BCUT2D eigenvalue weighted by atomic mass is 9.96. The summed E-state index contributed by atoms with van der Waals surface area (Å²) in [6, 6.07) is 0. The van der Waals surface area contributed by atoms with E-state index in [1.54, 1.807) is 34.6 Å². The highest BCUT2D eigenvalue weighted by molar-refractivity contribution is 6.30. The number of carbonyl (C=O) groups excluding carboxylic acids is 3. The lowest BCUT2D eigenvalue weighted by molar-refractivity contribution is -0.145. The summed E-state index contributed by atoms with van der Waals surface area (Å²) in [6.45, 7) is 14.9. The third-order valence-corrected chi connectivity index (χ3v) is 3.48. The number of esters is 2. The molecule has 0 bridgehead atoms. The van der Waals surface area contributed by atoms with Gasteiger partial charge in [0.05, 0.1) is 13.2 Å². The minimum atomic E-state index is -1.11. The first kappa shape index (κ1) is 26.7. The van der Waals surface area contributed by atoms with Crippen LogP contribution < -0.4 is 11.1 Å². The standard InChI is InChI=1S/C10H16N2O3.C9H16ClNO3/c1-5-14-8(13)6-7(11)15-9(12-6)10(2,3)4;1-5-14-7(12)6(10)11-8(13)9(2,3)4/h5,11H2,1-4H3;6H,5H2,1-4H3,(H,11,13). The molecule has 0 spiro atoms. The molecule has 1 amide bonds. The van der Waals surface area contributed by atoms with Crippen molar-refractivity contribution in [3.8, 4) is 0 Å². The van der Waals surface area contributed by atoms with E-state index in [1.165, 1.54) is 0 Å². The second kappa shape index (κ2) is 11.0. The van der Waals surface area contributed by atoms with E-state index in [0.717, 1.165) is 0 Å². The summed E-state index contributed by atoms with van der Waals surface area (Å²) >= 11 is 5.60. The van der Waals surface area contributed by atoms with Crippen LogP contribution in [0.15, 0.2) is 4.42 Å². The Morgan fingerprint density at radius 1 is 1.10 bits per heavy atom. The van der Waals surface area contributed by atoms with E-state index < -0.39 is 22.9 Å². The zero-order valence-electron chi connectivity index (χ0n) is 18.3. The molecule has 1 heterocycles. The molecule has 9 nitrogen and oxygen atoms in total. The molecule has 29 heavy (non-hydrogen) atoms. The predicted octanol–water partition coefficient (Wildman–Crippen LogP) is 3.01. The number of nitrogen functional groups attached to an aromatic ring is 1. The van der Waals surface area contributed by atoms with Crippen molar-refractivity contribution in [3.05, 3.63) is 11.6 Å². The van der Waals surface area contributed by atoms with Crippen molar-refractivity contribution in [2.75, 3.05) is 18.9 Å². The van der Waals surface area contributed by atoms with E-state index in [4.69, 9.17) is 26.5 Å². The van der Waals surface area contributed by atoms with Crippen LogP contribution in [0.3, 0.4) is 0 Å². The average Bonchev–Trinajstić information content (AvgIpc) is 2.97. The maximum absolute atomic E-state index is 11.4. The van der Waals surface area contributed by atoms with Gasteiger partial charge in [-0.25, -0.2) is 14.6 Å². The maximum atomic E-state index is 11.4. The molecule has 0 fully saturated rings. The molecule has 3 N–H and O–H groups in total. The number of hydrogen-bond donors (Lipinski definition) is 2. The van der Waals surface area contributed by atoms with Crippen LogP contribution in [0.5, 0.6) is 0 Å². The SMILES string of the molecule is CCOC(=O)C(Cl)NC(=O)C(C)(C)C.CCOC(=O)c1nc(C(C)(C)C)oc1N. The topological polar surface area (TPSA) is 134 Å². The van der Waals surface area contributed by atoms with Crippen LogP contribution >= 0.6 is 11.6 Å². The van der Waals surface area contributed by atoms with E-state index in [-0.39, 0.29) is 36.1 Å². The summed E-state index contributed by atoms with van der Waals surface area (Å²) < 4.78 is 14.6. The number of rotatable bonds is 5. The lowest BCUT2D eigenvalue weighted by Gasteiger charge is -2.19. The number of halogens is 1. The highest BCUT2D eigenvalue weighted by Gasteiger charge is 2.27. The van der Waals surface area contributed by atoms with Gasteiger partial charge in [-0.2, -0.15) is 0 Å². The Morgan fingerprint density at radius 2 is 1.62 bits per heavy atom. The minimum absolute atomic E-state index is 0.0124. The molecule has 0 radical (unpaired) electrons. The zero-order chi connectivity index (χ0) is 23.0. The normalized spacial score (nSPS) is 12.3. The number of nitrogens with one attached hydrogen (secondary N) is 1. The van der Waals surface area contributed by atoms with Gasteiger partial charge in [0.2, 0.25) is 28.9 Å². The van der Waals surface area contributed by atoms with Crippen LogP contribution in [0.4, 0.5) is 5.88 Å². The molecule has 1 aromatic rings. The van der Waals surface area contributed by atoms with Gasteiger partial charge in [-0.1, -0.05) is 53.1 Å². The fourth-order valence-electron chi connectivity index (χ4n) is 1.60. The Kier molecular flexibility index (Phi) is 10.2. The quantitative estimate of drug-likeness (QED) is 0.411. The molecule has 0 aliphatic rings. The van der Waals surface area contributed by atoms with Crippen molar-refractivity contribution in [2.45, 2.75) is 66.3 Å². The van der Waals surface area contributed by atoms with Crippen molar-refractivity contribution in [1.29, 1.82) is 0 Å². The molecular weight excluding hydrogens is 402 g/mol. The number of alkyl halides is 1. The van der Waals surface area contributed by atoms with Gasteiger partial charge in [0, 0.05) is 10.8 Å². The van der Waals surface area contributed by atoms with Crippen LogP contribution in [0.25, 0.3) is 0 Å². The molecular formula is C19H32ClN3O6.